The van der Waals surface area contributed by atoms with E-state index in [1.165, 1.54) is 32.4 Å². The van der Waals surface area contributed by atoms with E-state index in [1.807, 2.05) is 7.05 Å². The van der Waals surface area contributed by atoms with E-state index < -0.39 is 0 Å². The number of nitrogens with one attached hydrogen (secondary N) is 1. The first-order chi connectivity index (χ1) is 5.93. The fraction of sp³-hybridized carbons (Fsp3) is 0.800. The van der Waals surface area contributed by atoms with Gasteiger partial charge >= 0.3 is 0 Å². The van der Waals surface area contributed by atoms with Crippen LogP contribution in [-0.2, 0) is 0 Å². The highest BCUT2D eigenvalue weighted by molar-refractivity contribution is 4.86. The molecule has 70 valence electrons. The van der Waals surface area contributed by atoms with Crippen LogP contribution in [-0.4, -0.2) is 38.1 Å². The van der Waals surface area contributed by atoms with Crippen LogP contribution in [0.4, 0.5) is 0 Å². The highest BCUT2D eigenvalue weighted by Crippen LogP contribution is 2.07. The zero-order valence-electron chi connectivity index (χ0n) is 8.05. The summed E-state index contributed by atoms with van der Waals surface area (Å²) in [5, 5.41) is 3.10. The van der Waals surface area contributed by atoms with Crippen LogP contribution < -0.4 is 5.32 Å². The van der Waals surface area contributed by atoms with Gasteiger partial charge in [-0.2, -0.15) is 0 Å². The Morgan fingerprint density at radius 3 is 2.58 bits per heavy atom. The molecule has 0 aromatic heterocycles. The van der Waals surface area contributed by atoms with Gasteiger partial charge in [0.05, 0.1) is 0 Å². The molecule has 0 saturated carbocycles. The molecule has 2 heteroatoms. The largest absolute Gasteiger partial charge is 0.316 e. The van der Waals surface area contributed by atoms with E-state index in [0.717, 1.165) is 13.1 Å². The fourth-order valence-electron chi connectivity index (χ4n) is 1.57. The highest BCUT2D eigenvalue weighted by Gasteiger charge is 2.06. The van der Waals surface area contributed by atoms with Crippen molar-refractivity contribution in [1.82, 2.24) is 10.2 Å². The van der Waals surface area contributed by atoms with E-state index >= 15 is 0 Å². The van der Waals surface area contributed by atoms with Gasteiger partial charge in [-0.05, 0) is 33.0 Å². The minimum Gasteiger partial charge on any atom is -0.316 e. The summed E-state index contributed by atoms with van der Waals surface area (Å²) in [6.07, 6.45) is 8.67. The number of hydrogen-bond acceptors (Lipinski definition) is 2. The van der Waals surface area contributed by atoms with Gasteiger partial charge in [0.2, 0.25) is 0 Å². The van der Waals surface area contributed by atoms with Crippen LogP contribution in [0.15, 0.2) is 12.2 Å². The first-order valence-corrected chi connectivity index (χ1v) is 4.95. The molecule has 0 aromatic rings. The molecule has 2 nitrogen and oxygen atoms in total. The molecule has 1 aliphatic heterocycles. The van der Waals surface area contributed by atoms with Gasteiger partial charge < -0.3 is 5.32 Å². The zero-order chi connectivity index (χ0) is 8.65. The Morgan fingerprint density at radius 2 is 1.92 bits per heavy atom. The van der Waals surface area contributed by atoms with Crippen molar-refractivity contribution in [3.8, 4) is 0 Å². The summed E-state index contributed by atoms with van der Waals surface area (Å²) < 4.78 is 0. The molecule has 1 saturated heterocycles. The first kappa shape index (κ1) is 9.75. The Bertz CT molecular complexity index is 126. The van der Waals surface area contributed by atoms with Gasteiger partial charge in [0.15, 0.2) is 0 Å². The lowest BCUT2D eigenvalue weighted by Gasteiger charge is -2.24. The lowest BCUT2D eigenvalue weighted by molar-refractivity contribution is 0.251. The lowest BCUT2D eigenvalue weighted by atomic mass is 10.1. The fourth-order valence-corrected chi connectivity index (χ4v) is 1.57. The average Bonchev–Trinajstić information content (AvgIpc) is 2.14. The molecule has 1 aliphatic rings. The number of hydrogen-bond donors (Lipinski definition) is 1. The van der Waals surface area contributed by atoms with Gasteiger partial charge in [-0.15, -0.1) is 0 Å². The van der Waals surface area contributed by atoms with E-state index in [4.69, 9.17) is 0 Å². The van der Waals surface area contributed by atoms with Crippen molar-refractivity contribution < 1.29 is 0 Å². The zero-order valence-corrected chi connectivity index (χ0v) is 8.05. The van der Waals surface area contributed by atoms with Crippen LogP contribution in [0.5, 0.6) is 0 Å². The van der Waals surface area contributed by atoms with Crippen molar-refractivity contribution in [3.63, 3.8) is 0 Å². The molecule has 1 N–H and O–H groups in total. The SMILES string of the molecule is CNC/C=C\CN1CCCCC1. The molecule has 0 atom stereocenters. The second-order valence-corrected chi connectivity index (χ2v) is 3.39. The van der Waals surface area contributed by atoms with Crippen molar-refractivity contribution in [2.45, 2.75) is 19.3 Å². The van der Waals surface area contributed by atoms with Crippen LogP contribution in [0.3, 0.4) is 0 Å². The number of piperidine rings is 1. The Balaban J connectivity index is 2.04. The predicted molar refractivity (Wildman–Crippen MR) is 53.4 cm³/mol. The molecule has 0 aromatic carbocycles. The molecule has 0 bridgehead atoms. The summed E-state index contributed by atoms with van der Waals surface area (Å²) in [6, 6.07) is 0. The summed E-state index contributed by atoms with van der Waals surface area (Å²) in [7, 11) is 1.98. The third kappa shape index (κ3) is 3.88. The maximum Gasteiger partial charge on any atom is 0.0163 e. The van der Waals surface area contributed by atoms with Gasteiger partial charge in [-0.25, -0.2) is 0 Å². The van der Waals surface area contributed by atoms with Gasteiger partial charge in [-0.3, -0.25) is 4.90 Å². The van der Waals surface area contributed by atoms with Gasteiger partial charge in [0, 0.05) is 13.1 Å². The summed E-state index contributed by atoms with van der Waals surface area (Å²) in [5.41, 5.74) is 0. The molecule has 0 aliphatic carbocycles. The number of nitrogens with zero attached hydrogens (tertiary/aromatic N) is 1. The Hall–Kier alpha value is -0.340. The topological polar surface area (TPSA) is 15.3 Å². The quantitative estimate of drug-likeness (QED) is 0.636. The molecular formula is C10H20N2. The molecule has 0 amide bonds. The van der Waals surface area contributed by atoms with Crippen molar-refractivity contribution >= 4 is 0 Å². The maximum absolute atomic E-state index is 3.10. The molecule has 1 fully saturated rings. The smallest absolute Gasteiger partial charge is 0.0163 e. The molecular weight excluding hydrogens is 148 g/mol. The Morgan fingerprint density at radius 1 is 1.17 bits per heavy atom. The van der Waals surface area contributed by atoms with Gasteiger partial charge in [0.1, 0.15) is 0 Å². The van der Waals surface area contributed by atoms with Crippen LogP contribution in [0.25, 0.3) is 0 Å². The number of likely N-dealkylation sites (N-methyl/N-ethyl adjacent to an activating group) is 1. The lowest BCUT2D eigenvalue weighted by Crippen LogP contribution is -2.29. The van der Waals surface area contributed by atoms with Crippen molar-refractivity contribution in [1.29, 1.82) is 0 Å². The van der Waals surface area contributed by atoms with Crippen LogP contribution in [0, 0.1) is 0 Å². The molecule has 1 rings (SSSR count). The van der Waals surface area contributed by atoms with E-state index in [9.17, 15) is 0 Å². The molecule has 1 heterocycles. The summed E-state index contributed by atoms with van der Waals surface area (Å²) in [5.74, 6) is 0. The van der Waals surface area contributed by atoms with E-state index in [1.54, 1.807) is 0 Å². The van der Waals surface area contributed by atoms with Crippen LogP contribution >= 0.6 is 0 Å². The minimum absolute atomic E-state index is 0.994. The Labute approximate surface area is 75.6 Å². The van der Waals surface area contributed by atoms with Crippen LogP contribution in [0.1, 0.15) is 19.3 Å². The number of rotatable bonds is 4. The summed E-state index contributed by atoms with van der Waals surface area (Å²) in [4.78, 5) is 2.52. The highest BCUT2D eigenvalue weighted by atomic mass is 15.1. The Kier molecular flexibility index (Phi) is 5.04. The third-order valence-electron chi connectivity index (χ3n) is 2.30. The molecule has 0 radical (unpaired) electrons. The summed E-state index contributed by atoms with van der Waals surface area (Å²) >= 11 is 0. The maximum atomic E-state index is 3.10. The molecule has 0 unspecified atom stereocenters. The standard InChI is InChI=1S/C10H20N2/c1-11-7-3-6-10-12-8-4-2-5-9-12/h3,6,11H,2,4-5,7-10H2,1H3/b6-3-. The van der Waals surface area contributed by atoms with E-state index in [0.29, 0.717) is 0 Å². The van der Waals surface area contributed by atoms with Crippen molar-refractivity contribution in [2.75, 3.05) is 33.2 Å². The van der Waals surface area contributed by atoms with Gasteiger partial charge in [-0.1, -0.05) is 18.6 Å². The second-order valence-electron chi connectivity index (χ2n) is 3.39. The second kappa shape index (κ2) is 6.21. The minimum atomic E-state index is 0.994. The third-order valence-corrected chi connectivity index (χ3v) is 2.30. The molecule has 12 heavy (non-hydrogen) atoms. The summed E-state index contributed by atoms with van der Waals surface area (Å²) in [6.45, 7) is 4.73. The normalized spacial score (nSPS) is 20.4. The predicted octanol–water partition coefficient (Wildman–Crippen LogP) is 1.25. The average molecular weight is 168 g/mol. The van der Waals surface area contributed by atoms with Crippen LogP contribution in [0.2, 0.25) is 0 Å². The monoisotopic (exact) mass is 168 g/mol. The van der Waals surface area contributed by atoms with Crippen molar-refractivity contribution in [3.05, 3.63) is 12.2 Å². The van der Waals surface area contributed by atoms with Gasteiger partial charge in [0.25, 0.3) is 0 Å². The molecule has 0 spiro atoms. The number of likely N-dealkylation sites (tertiary alicyclic amines) is 1. The van der Waals surface area contributed by atoms with Crippen molar-refractivity contribution in [2.24, 2.45) is 0 Å². The first-order valence-electron chi connectivity index (χ1n) is 4.95. The van der Waals surface area contributed by atoms with E-state index in [-0.39, 0.29) is 0 Å². The van der Waals surface area contributed by atoms with E-state index in [2.05, 4.69) is 22.4 Å².